The third-order valence-corrected chi connectivity index (χ3v) is 2.21. The molecule has 1 rings (SSSR count). The summed E-state index contributed by atoms with van der Waals surface area (Å²) in [7, 11) is 0. The zero-order chi connectivity index (χ0) is 13.0. The maximum absolute atomic E-state index is 10.9. The highest BCUT2D eigenvalue weighted by atomic mass is 16.5. The molecule has 0 aliphatic rings. The standard InChI is InChI=1S/C12H14O5/c1-7(2)10(12(15)16)17-9-5-3-8(4-6-9)11(13)14/h3-7,10H,1-2H3,(H,13,14)(H,15,16). The van der Waals surface area contributed by atoms with Crippen LogP contribution >= 0.6 is 0 Å². The lowest BCUT2D eigenvalue weighted by Crippen LogP contribution is -2.32. The molecule has 1 unspecified atom stereocenters. The molecule has 0 spiro atoms. The summed E-state index contributed by atoms with van der Waals surface area (Å²) in [5, 5.41) is 17.6. The van der Waals surface area contributed by atoms with E-state index < -0.39 is 18.0 Å². The minimum absolute atomic E-state index is 0.133. The number of aromatic carboxylic acids is 1. The van der Waals surface area contributed by atoms with Crippen molar-refractivity contribution >= 4 is 11.9 Å². The number of hydrogen-bond acceptors (Lipinski definition) is 3. The molecule has 2 N–H and O–H groups in total. The van der Waals surface area contributed by atoms with Crippen LogP contribution in [-0.2, 0) is 4.79 Å². The third kappa shape index (κ3) is 3.48. The van der Waals surface area contributed by atoms with Gasteiger partial charge in [0.05, 0.1) is 5.56 Å². The zero-order valence-electron chi connectivity index (χ0n) is 9.58. The van der Waals surface area contributed by atoms with Crippen LogP contribution in [0.25, 0.3) is 0 Å². The van der Waals surface area contributed by atoms with Crippen molar-refractivity contribution in [3.8, 4) is 5.75 Å². The molecule has 0 bridgehead atoms. The first-order valence-corrected chi connectivity index (χ1v) is 5.14. The predicted molar refractivity (Wildman–Crippen MR) is 60.3 cm³/mol. The van der Waals surface area contributed by atoms with Crippen molar-refractivity contribution in [3.63, 3.8) is 0 Å². The van der Waals surface area contributed by atoms with Crippen LogP contribution in [-0.4, -0.2) is 28.3 Å². The van der Waals surface area contributed by atoms with Gasteiger partial charge >= 0.3 is 11.9 Å². The van der Waals surface area contributed by atoms with E-state index in [1.807, 2.05) is 0 Å². The molecule has 0 aliphatic heterocycles. The van der Waals surface area contributed by atoms with Crippen molar-refractivity contribution in [1.29, 1.82) is 0 Å². The smallest absolute Gasteiger partial charge is 0.345 e. The van der Waals surface area contributed by atoms with Gasteiger partial charge in [-0.15, -0.1) is 0 Å². The van der Waals surface area contributed by atoms with E-state index in [9.17, 15) is 9.59 Å². The maximum Gasteiger partial charge on any atom is 0.345 e. The van der Waals surface area contributed by atoms with E-state index >= 15 is 0 Å². The van der Waals surface area contributed by atoms with Crippen LogP contribution in [0.5, 0.6) is 5.75 Å². The van der Waals surface area contributed by atoms with Crippen LogP contribution in [0.1, 0.15) is 24.2 Å². The fourth-order valence-electron chi connectivity index (χ4n) is 1.29. The third-order valence-electron chi connectivity index (χ3n) is 2.21. The molecule has 0 heterocycles. The maximum atomic E-state index is 10.9. The Bertz CT molecular complexity index is 407. The lowest BCUT2D eigenvalue weighted by Gasteiger charge is -2.18. The molecule has 0 fully saturated rings. The first-order valence-electron chi connectivity index (χ1n) is 5.14. The highest BCUT2D eigenvalue weighted by molar-refractivity contribution is 5.87. The average Bonchev–Trinajstić information content (AvgIpc) is 2.25. The van der Waals surface area contributed by atoms with Crippen molar-refractivity contribution in [2.45, 2.75) is 20.0 Å². The van der Waals surface area contributed by atoms with Gasteiger partial charge in [-0.05, 0) is 24.3 Å². The quantitative estimate of drug-likeness (QED) is 0.818. The number of aliphatic carboxylic acids is 1. The summed E-state index contributed by atoms with van der Waals surface area (Å²) in [6.45, 7) is 3.48. The molecule has 0 aromatic heterocycles. The average molecular weight is 238 g/mol. The second-order valence-electron chi connectivity index (χ2n) is 3.95. The Kier molecular flexibility index (Phi) is 4.09. The van der Waals surface area contributed by atoms with Gasteiger partial charge in [0.15, 0.2) is 6.10 Å². The van der Waals surface area contributed by atoms with Gasteiger partial charge in [-0.2, -0.15) is 0 Å². The molecule has 1 aromatic rings. The molecule has 0 amide bonds. The van der Waals surface area contributed by atoms with E-state index in [1.54, 1.807) is 13.8 Å². The van der Waals surface area contributed by atoms with Gasteiger partial charge in [0.2, 0.25) is 0 Å². The Hall–Kier alpha value is -2.04. The summed E-state index contributed by atoms with van der Waals surface area (Å²) >= 11 is 0. The number of carbonyl (C=O) groups is 2. The summed E-state index contributed by atoms with van der Waals surface area (Å²) in [6.07, 6.45) is -0.939. The van der Waals surface area contributed by atoms with Crippen molar-refractivity contribution < 1.29 is 24.5 Å². The Balaban J connectivity index is 2.80. The minimum Gasteiger partial charge on any atom is -0.478 e. The predicted octanol–water partition coefficient (Wildman–Crippen LogP) is 1.87. The molecule has 1 aromatic carbocycles. The topological polar surface area (TPSA) is 83.8 Å². The van der Waals surface area contributed by atoms with E-state index in [0.29, 0.717) is 5.75 Å². The van der Waals surface area contributed by atoms with E-state index in [4.69, 9.17) is 14.9 Å². The molecule has 92 valence electrons. The molecule has 0 saturated heterocycles. The number of rotatable bonds is 5. The summed E-state index contributed by atoms with van der Waals surface area (Å²) in [5.74, 6) is -1.90. The minimum atomic E-state index is -1.04. The summed E-state index contributed by atoms with van der Waals surface area (Å²) in [4.78, 5) is 21.5. The Morgan fingerprint density at radius 2 is 1.65 bits per heavy atom. The molecule has 0 saturated carbocycles. The van der Waals surface area contributed by atoms with Crippen LogP contribution in [0, 0.1) is 5.92 Å². The molecule has 5 heteroatoms. The van der Waals surface area contributed by atoms with Crippen molar-refractivity contribution in [2.24, 2.45) is 5.92 Å². The molecular formula is C12H14O5. The molecule has 0 radical (unpaired) electrons. The summed E-state index contributed by atoms with van der Waals surface area (Å²) in [6, 6.07) is 5.64. The van der Waals surface area contributed by atoms with E-state index in [0.717, 1.165) is 0 Å². The van der Waals surface area contributed by atoms with Crippen molar-refractivity contribution in [3.05, 3.63) is 29.8 Å². The Labute approximate surface area is 98.6 Å². The summed E-state index contributed by atoms with van der Waals surface area (Å²) < 4.78 is 5.28. The molecule has 0 aliphatic carbocycles. The van der Waals surface area contributed by atoms with Gasteiger partial charge in [-0.3, -0.25) is 0 Å². The fraction of sp³-hybridized carbons (Fsp3) is 0.333. The number of carboxylic acid groups (broad SMARTS) is 2. The highest BCUT2D eigenvalue weighted by Crippen LogP contribution is 2.17. The van der Waals surface area contributed by atoms with E-state index in [-0.39, 0.29) is 11.5 Å². The summed E-state index contributed by atoms with van der Waals surface area (Å²) in [5.41, 5.74) is 0.133. The Morgan fingerprint density at radius 1 is 1.12 bits per heavy atom. The van der Waals surface area contributed by atoms with Gasteiger partial charge in [-0.1, -0.05) is 13.8 Å². The van der Waals surface area contributed by atoms with Crippen LogP contribution in [0.2, 0.25) is 0 Å². The molecule has 17 heavy (non-hydrogen) atoms. The number of ether oxygens (including phenoxy) is 1. The van der Waals surface area contributed by atoms with Crippen LogP contribution in [0.3, 0.4) is 0 Å². The first kappa shape index (κ1) is 13.0. The van der Waals surface area contributed by atoms with E-state index in [1.165, 1.54) is 24.3 Å². The number of carboxylic acids is 2. The molecule has 5 nitrogen and oxygen atoms in total. The van der Waals surface area contributed by atoms with E-state index in [2.05, 4.69) is 0 Å². The highest BCUT2D eigenvalue weighted by Gasteiger charge is 2.23. The van der Waals surface area contributed by atoms with Crippen molar-refractivity contribution in [1.82, 2.24) is 0 Å². The number of hydrogen-bond donors (Lipinski definition) is 2. The largest absolute Gasteiger partial charge is 0.478 e. The zero-order valence-corrected chi connectivity index (χ0v) is 9.58. The monoisotopic (exact) mass is 238 g/mol. The normalized spacial score (nSPS) is 12.2. The van der Waals surface area contributed by atoms with Gasteiger partial charge < -0.3 is 14.9 Å². The number of benzene rings is 1. The van der Waals surface area contributed by atoms with Gasteiger partial charge in [0, 0.05) is 5.92 Å². The van der Waals surface area contributed by atoms with Gasteiger partial charge in [0.25, 0.3) is 0 Å². The second-order valence-corrected chi connectivity index (χ2v) is 3.95. The molecule has 1 atom stereocenters. The lowest BCUT2D eigenvalue weighted by molar-refractivity contribution is -0.147. The SMILES string of the molecule is CC(C)C(Oc1ccc(C(=O)O)cc1)C(=O)O. The van der Waals surface area contributed by atoms with Crippen LogP contribution in [0.15, 0.2) is 24.3 Å². The first-order chi connectivity index (χ1) is 7.91. The van der Waals surface area contributed by atoms with Gasteiger partial charge in [0.1, 0.15) is 5.75 Å². The fourth-order valence-corrected chi connectivity index (χ4v) is 1.29. The molecular weight excluding hydrogens is 224 g/mol. The van der Waals surface area contributed by atoms with Crippen LogP contribution < -0.4 is 4.74 Å². The van der Waals surface area contributed by atoms with Crippen LogP contribution in [0.4, 0.5) is 0 Å². The van der Waals surface area contributed by atoms with Crippen molar-refractivity contribution in [2.75, 3.05) is 0 Å². The lowest BCUT2D eigenvalue weighted by atomic mass is 10.1. The second kappa shape index (κ2) is 5.34. The Morgan fingerprint density at radius 3 is 2.00 bits per heavy atom. The van der Waals surface area contributed by atoms with Gasteiger partial charge in [-0.25, -0.2) is 9.59 Å².